The van der Waals surface area contributed by atoms with Crippen LogP contribution >= 0.6 is 11.6 Å². The summed E-state index contributed by atoms with van der Waals surface area (Å²) in [5, 5.41) is 2.43. The maximum atomic E-state index is 13.2. The summed E-state index contributed by atoms with van der Waals surface area (Å²) in [5.41, 5.74) is 1.10. The van der Waals surface area contributed by atoms with Gasteiger partial charge in [-0.05, 0) is 49.4 Å². The molecule has 0 fully saturated rings. The smallest absolute Gasteiger partial charge is 0.338 e. The third-order valence-corrected chi connectivity index (χ3v) is 3.86. The Labute approximate surface area is 160 Å². The van der Waals surface area contributed by atoms with Crippen molar-refractivity contribution in [2.45, 2.75) is 13.8 Å². The molecule has 0 aliphatic rings. The SMILES string of the molecule is CCOC(=O)c1ccc(N(CC(=O)Nc2ccc(F)c(Cl)c2)C(C)=O)cc1. The molecule has 2 amide bonds. The van der Waals surface area contributed by atoms with Gasteiger partial charge in [0.25, 0.3) is 0 Å². The van der Waals surface area contributed by atoms with Gasteiger partial charge in [-0.1, -0.05) is 11.6 Å². The van der Waals surface area contributed by atoms with E-state index in [2.05, 4.69) is 5.32 Å². The summed E-state index contributed by atoms with van der Waals surface area (Å²) in [6.45, 7) is 3.02. The molecule has 2 rings (SSSR count). The van der Waals surface area contributed by atoms with Crippen molar-refractivity contribution in [1.82, 2.24) is 0 Å². The molecule has 0 saturated heterocycles. The van der Waals surface area contributed by atoms with Crippen LogP contribution in [-0.2, 0) is 14.3 Å². The summed E-state index contributed by atoms with van der Waals surface area (Å²) >= 11 is 5.68. The minimum Gasteiger partial charge on any atom is -0.462 e. The molecule has 0 unspecified atom stereocenters. The lowest BCUT2D eigenvalue weighted by Crippen LogP contribution is -2.36. The number of halogens is 2. The molecule has 0 radical (unpaired) electrons. The van der Waals surface area contributed by atoms with Crippen molar-refractivity contribution in [2.24, 2.45) is 0 Å². The highest BCUT2D eigenvalue weighted by atomic mass is 35.5. The lowest BCUT2D eigenvalue weighted by Gasteiger charge is -2.21. The molecule has 0 saturated carbocycles. The van der Waals surface area contributed by atoms with E-state index in [1.54, 1.807) is 19.1 Å². The van der Waals surface area contributed by atoms with Crippen molar-refractivity contribution in [3.63, 3.8) is 0 Å². The molecule has 1 N–H and O–H groups in total. The predicted molar refractivity (Wildman–Crippen MR) is 100 cm³/mol. The topological polar surface area (TPSA) is 75.7 Å². The first-order valence-corrected chi connectivity index (χ1v) is 8.49. The second kappa shape index (κ2) is 9.14. The van der Waals surface area contributed by atoms with Gasteiger partial charge in [0.05, 0.1) is 17.2 Å². The molecule has 2 aromatic carbocycles. The zero-order chi connectivity index (χ0) is 20.0. The molecule has 0 aromatic heterocycles. The molecule has 0 bridgehead atoms. The van der Waals surface area contributed by atoms with Crippen LogP contribution in [-0.4, -0.2) is 30.9 Å². The van der Waals surface area contributed by atoms with E-state index < -0.39 is 17.7 Å². The fourth-order valence-electron chi connectivity index (χ4n) is 2.29. The second-order valence-electron chi connectivity index (χ2n) is 5.55. The molecule has 27 heavy (non-hydrogen) atoms. The minimum absolute atomic E-state index is 0.120. The summed E-state index contributed by atoms with van der Waals surface area (Å²) in [4.78, 5) is 37.1. The Bertz CT molecular complexity index is 855. The Morgan fingerprint density at radius 3 is 2.37 bits per heavy atom. The molecule has 142 valence electrons. The molecule has 0 heterocycles. The third kappa shape index (κ3) is 5.52. The monoisotopic (exact) mass is 392 g/mol. The first-order valence-electron chi connectivity index (χ1n) is 8.12. The lowest BCUT2D eigenvalue weighted by atomic mass is 10.2. The molecule has 6 nitrogen and oxygen atoms in total. The molecule has 0 aliphatic heterocycles. The Morgan fingerprint density at radius 1 is 1.15 bits per heavy atom. The number of carbonyl (C=O) groups excluding carboxylic acids is 3. The van der Waals surface area contributed by atoms with E-state index in [1.807, 2.05) is 0 Å². The van der Waals surface area contributed by atoms with Gasteiger partial charge in [0.2, 0.25) is 11.8 Å². The van der Waals surface area contributed by atoms with Crippen LogP contribution in [0.2, 0.25) is 5.02 Å². The molecule has 0 atom stereocenters. The van der Waals surface area contributed by atoms with Gasteiger partial charge in [-0.2, -0.15) is 0 Å². The average Bonchev–Trinajstić information content (AvgIpc) is 2.63. The average molecular weight is 393 g/mol. The van der Waals surface area contributed by atoms with Crippen LogP contribution in [0.15, 0.2) is 42.5 Å². The van der Waals surface area contributed by atoms with E-state index in [0.717, 1.165) is 6.07 Å². The standard InChI is InChI=1S/C19H18ClFN2O4/c1-3-27-19(26)13-4-7-15(8-5-13)23(12(2)24)11-18(25)22-14-6-9-17(21)16(20)10-14/h4-10H,3,11H2,1-2H3,(H,22,25). The third-order valence-electron chi connectivity index (χ3n) is 3.58. The number of nitrogens with zero attached hydrogens (tertiary/aromatic N) is 1. The molecule has 0 aliphatic carbocycles. The minimum atomic E-state index is -0.596. The fraction of sp³-hybridized carbons (Fsp3) is 0.211. The van der Waals surface area contributed by atoms with Crippen molar-refractivity contribution in [1.29, 1.82) is 0 Å². The summed E-state index contributed by atoms with van der Waals surface area (Å²) in [5.74, 6) is -1.90. The summed E-state index contributed by atoms with van der Waals surface area (Å²) in [6.07, 6.45) is 0. The Hall–Kier alpha value is -2.93. The van der Waals surface area contributed by atoms with Gasteiger partial charge in [-0.25, -0.2) is 9.18 Å². The molecule has 0 spiro atoms. The van der Waals surface area contributed by atoms with E-state index in [4.69, 9.17) is 16.3 Å². The highest BCUT2D eigenvalue weighted by Crippen LogP contribution is 2.20. The van der Waals surface area contributed by atoms with Crippen molar-refractivity contribution in [3.8, 4) is 0 Å². The second-order valence-corrected chi connectivity index (χ2v) is 5.96. The Kier molecular flexibility index (Phi) is 6.90. The quantitative estimate of drug-likeness (QED) is 0.761. The van der Waals surface area contributed by atoms with Gasteiger partial charge in [-0.3, -0.25) is 9.59 Å². The van der Waals surface area contributed by atoms with E-state index in [1.165, 1.54) is 36.1 Å². The number of esters is 1. The largest absolute Gasteiger partial charge is 0.462 e. The van der Waals surface area contributed by atoms with Crippen molar-refractivity contribution < 1.29 is 23.5 Å². The highest BCUT2D eigenvalue weighted by molar-refractivity contribution is 6.31. The van der Waals surface area contributed by atoms with Crippen LogP contribution in [0.4, 0.5) is 15.8 Å². The maximum absolute atomic E-state index is 13.2. The van der Waals surface area contributed by atoms with E-state index >= 15 is 0 Å². The molecule has 2 aromatic rings. The number of hydrogen-bond donors (Lipinski definition) is 1. The zero-order valence-electron chi connectivity index (χ0n) is 14.8. The van der Waals surface area contributed by atoms with Crippen LogP contribution in [0.1, 0.15) is 24.2 Å². The van der Waals surface area contributed by atoms with Crippen molar-refractivity contribution in [3.05, 3.63) is 58.9 Å². The van der Waals surface area contributed by atoms with Gasteiger partial charge in [0, 0.05) is 18.3 Å². The van der Waals surface area contributed by atoms with Crippen molar-refractivity contribution >= 4 is 40.8 Å². The number of ether oxygens (including phenoxy) is 1. The normalized spacial score (nSPS) is 10.2. The van der Waals surface area contributed by atoms with E-state index in [-0.39, 0.29) is 24.1 Å². The van der Waals surface area contributed by atoms with Crippen LogP contribution in [0, 0.1) is 5.82 Å². The molecular weight excluding hydrogens is 375 g/mol. The number of carbonyl (C=O) groups is 3. The van der Waals surface area contributed by atoms with Crippen LogP contribution in [0.3, 0.4) is 0 Å². The van der Waals surface area contributed by atoms with Gasteiger partial charge < -0.3 is 15.0 Å². The molecule has 8 heteroatoms. The van der Waals surface area contributed by atoms with Gasteiger partial charge in [0.1, 0.15) is 12.4 Å². The van der Waals surface area contributed by atoms with Crippen LogP contribution < -0.4 is 10.2 Å². The number of amides is 2. The maximum Gasteiger partial charge on any atom is 0.338 e. The van der Waals surface area contributed by atoms with E-state index in [0.29, 0.717) is 16.9 Å². The van der Waals surface area contributed by atoms with Crippen LogP contribution in [0.25, 0.3) is 0 Å². The first kappa shape index (κ1) is 20.4. The summed E-state index contributed by atoms with van der Waals surface area (Å²) < 4.78 is 18.1. The summed E-state index contributed by atoms with van der Waals surface area (Å²) in [6, 6.07) is 9.91. The number of hydrogen-bond acceptors (Lipinski definition) is 4. The van der Waals surface area contributed by atoms with E-state index in [9.17, 15) is 18.8 Å². The Balaban J connectivity index is 2.10. The highest BCUT2D eigenvalue weighted by Gasteiger charge is 2.17. The van der Waals surface area contributed by atoms with Gasteiger partial charge >= 0.3 is 5.97 Å². The predicted octanol–water partition coefficient (Wildman–Crippen LogP) is 3.65. The van der Waals surface area contributed by atoms with Gasteiger partial charge in [-0.15, -0.1) is 0 Å². The zero-order valence-corrected chi connectivity index (χ0v) is 15.5. The summed E-state index contributed by atoms with van der Waals surface area (Å²) in [7, 11) is 0. The number of anilines is 2. The number of benzene rings is 2. The number of rotatable bonds is 6. The lowest BCUT2D eigenvalue weighted by molar-refractivity contribution is -0.120. The Morgan fingerprint density at radius 2 is 1.81 bits per heavy atom. The van der Waals surface area contributed by atoms with Crippen molar-refractivity contribution in [2.75, 3.05) is 23.4 Å². The van der Waals surface area contributed by atoms with Gasteiger partial charge in [0.15, 0.2) is 0 Å². The first-order chi connectivity index (χ1) is 12.8. The number of nitrogens with one attached hydrogen (secondary N) is 1. The fourth-order valence-corrected chi connectivity index (χ4v) is 2.47. The van der Waals surface area contributed by atoms with Crippen LogP contribution in [0.5, 0.6) is 0 Å². The molecular formula is C19H18ClFN2O4.